The van der Waals surface area contributed by atoms with Crippen molar-refractivity contribution in [1.29, 1.82) is 0 Å². The van der Waals surface area contributed by atoms with Gasteiger partial charge in [0.15, 0.2) is 0 Å². The van der Waals surface area contributed by atoms with E-state index in [1.807, 2.05) is 4.90 Å². The fourth-order valence-corrected chi connectivity index (χ4v) is 2.57. The fourth-order valence-electron chi connectivity index (χ4n) is 2.57. The van der Waals surface area contributed by atoms with E-state index in [1.54, 1.807) is 0 Å². The lowest BCUT2D eigenvalue weighted by Crippen LogP contribution is -2.41. The minimum atomic E-state index is 0.0865. The molecule has 0 saturated carbocycles. The largest absolute Gasteiger partial charge is 0.394 e. The summed E-state index contributed by atoms with van der Waals surface area (Å²) in [5, 5.41) is 9.18. The van der Waals surface area contributed by atoms with Crippen LogP contribution in [0.5, 0.6) is 0 Å². The molecular weight excluding hydrogens is 190 g/mol. The topological polar surface area (TPSA) is 40.5 Å². The lowest BCUT2D eigenvalue weighted by Gasteiger charge is -2.28. The molecule has 3 nitrogen and oxygen atoms in total. The average Bonchev–Trinajstić information content (AvgIpc) is 2.77. The van der Waals surface area contributed by atoms with Crippen LogP contribution in [0.4, 0.5) is 0 Å². The fraction of sp³-hybridized carbons (Fsp3) is 0.750. The molecule has 2 aliphatic rings. The second kappa shape index (κ2) is 4.79. The van der Waals surface area contributed by atoms with Crippen LogP contribution >= 0.6 is 0 Å². The highest BCUT2D eigenvalue weighted by atomic mass is 16.3. The Labute approximate surface area is 90.8 Å². The van der Waals surface area contributed by atoms with E-state index in [2.05, 4.69) is 12.2 Å². The van der Waals surface area contributed by atoms with Crippen LogP contribution in [0.3, 0.4) is 0 Å². The molecule has 3 heteroatoms. The highest BCUT2D eigenvalue weighted by Crippen LogP contribution is 2.25. The van der Waals surface area contributed by atoms with Crippen molar-refractivity contribution < 1.29 is 9.90 Å². The first-order chi connectivity index (χ1) is 7.33. The van der Waals surface area contributed by atoms with Crippen LogP contribution < -0.4 is 0 Å². The summed E-state index contributed by atoms with van der Waals surface area (Å²) in [7, 11) is 0. The van der Waals surface area contributed by atoms with Crippen LogP contribution in [0, 0.1) is 5.92 Å². The van der Waals surface area contributed by atoms with E-state index in [0.717, 1.165) is 38.6 Å². The number of rotatable bonds is 2. The van der Waals surface area contributed by atoms with Crippen molar-refractivity contribution in [3.8, 4) is 0 Å². The zero-order valence-electron chi connectivity index (χ0n) is 9.06. The summed E-state index contributed by atoms with van der Waals surface area (Å²) >= 11 is 0. The number of carbonyl (C=O) groups excluding carboxylic acids is 1. The first-order valence-electron chi connectivity index (χ1n) is 5.89. The summed E-state index contributed by atoms with van der Waals surface area (Å²) in [4.78, 5) is 14.0. The van der Waals surface area contributed by atoms with E-state index in [9.17, 15) is 9.90 Å². The van der Waals surface area contributed by atoms with Crippen molar-refractivity contribution in [3.05, 3.63) is 12.2 Å². The van der Waals surface area contributed by atoms with Gasteiger partial charge in [-0.05, 0) is 32.1 Å². The van der Waals surface area contributed by atoms with Gasteiger partial charge in [-0.25, -0.2) is 0 Å². The highest BCUT2D eigenvalue weighted by Gasteiger charge is 2.32. The second-order valence-electron chi connectivity index (χ2n) is 4.49. The van der Waals surface area contributed by atoms with Crippen molar-refractivity contribution in [2.45, 2.75) is 38.1 Å². The zero-order chi connectivity index (χ0) is 10.7. The van der Waals surface area contributed by atoms with E-state index < -0.39 is 0 Å². The van der Waals surface area contributed by atoms with Gasteiger partial charge in [-0.15, -0.1) is 0 Å². The van der Waals surface area contributed by atoms with Crippen molar-refractivity contribution in [3.63, 3.8) is 0 Å². The summed E-state index contributed by atoms with van der Waals surface area (Å²) in [5.74, 6) is 0.429. The van der Waals surface area contributed by atoms with E-state index >= 15 is 0 Å². The summed E-state index contributed by atoms with van der Waals surface area (Å²) < 4.78 is 0. The maximum Gasteiger partial charge on any atom is 0.226 e. The lowest BCUT2D eigenvalue weighted by molar-refractivity contribution is -0.137. The smallest absolute Gasteiger partial charge is 0.226 e. The van der Waals surface area contributed by atoms with Crippen LogP contribution in [-0.4, -0.2) is 35.1 Å². The number of hydrogen-bond donors (Lipinski definition) is 1. The number of allylic oxidation sites excluding steroid dienone is 2. The van der Waals surface area contributed by atoms with Crippen molar-refractivity contribution >= 4 is 5.91 Å². The lowest BCUT2D eigenvalue weighted by atomic mass is 9.93. The third-order valence-corrected chi connectivity index (χ3v) is 3.49. The number of amides is 1. The summed E-state index contributed by atoms with van der Waals surface area (Å²) in [6, 6.07) is 0.0865. The number of aliphatic hydroxyl groups is 1. The molecule has 15 heavy (non-hydrogen) atoms. The molecule has 0 bridgehead atoms. The van der Waals surface area contributed by atoms with Gasteiger partial charge in [0, 0.05) is 12.5 Å². The normalized spacial score (nSPS) is 30.9. The van der Waals surface area contributed by atoms with Gasteiger partial charge >= 0.3 is 0 Å². The number of hydrogen-bond acceptors (Lipinski definition) is 2. The Balaban J connectivity index is 1.97. The summed E-state index contributed by atoms with van der Waals surface area (Å²) in [6.45, 7) is 0.957. The Morgan fingerprint density at radius 3 is 2.93 bits per heavy atom. The molecule has 0 aromatic heterocycles. The predicted molar refractivity (Wildman–Crippen MR) is 58.3 cm³/mol. The van der Waals surface area contributed by atoms with Crippen molar-refractivity contribution in [2.75, 3.05) is 13.2 Å². The summed E-state index contributed by atoms with van der Waals surface area (Å²) in [5.41, 5.74) is 0. The molecule has 0 radical (unpaired) electrons. The minimum Gasteiger partial charge on any atom is -0.394 e. The van der Waals surface area contributed by atoms with Crippen molar-refractivity contribution in [1.82, 2.24) is 4.90 Å². The predicted octanol–water partition coefficient (Wildman–Crippen LogP) is 1.33. The van der Waals surface area contributed by atoms with Gasteiger partial charge in [0.05, 0.1) is 12.6 Å². The molecule has 1 heterocycles. The number of likely N-dealkylation sites (tertiary alicyclic amines) is 1. The molecule has 1 aliphatic carbocycles. The van der Waals surface area contributed by atoms with E-state index in [4.69, 9.17) is 0 Å². The van der Waals surface area contributed by atoms with Crippen LogP contribution in [0.1, 0.15) is 32.1 Å². The third-order valence-electron chi connectivity index (χ3n) is 3.49. The number of aliphatic hydroxyl groups excluding tert-OH is 1. The first-order valence-corrected chi connectivity index (χ1v) is 5.89. The molecule has 2 atom stereocenters. The number of nitrogens with zero attached hydrogens (tertiary/aromatic N) is 1. The van der Waals surface area contributed by atoms with Gasteiger partial charge in [0.25, 0.3) is 0 Å². The van der Waals surface area contributed by atoms with Crippen molar-refractivity contribution in [2.24, 2.45) is 5.92 Å². The Hall–Kier alpha value is -0.830. The molecule has 0 spiro atoms. The van der Waals surface area contributed by atoms with E-state index in [0.29, 0.717) is 0 Å². The molecule has 1 aliphatic heterocycles. The molecule has 1 fully saturated rings. The first kappa shape index (κ1) is 10.7. The summed E-state index contributed by atoms with van der Waals surface area (Å²) in [6.07, 6.45) is 9.14. The Kier molecular flexibility index (Phi) is 3.41. The molecule has 0 aromatic rings. The maximum atomic E-state index is 12.2. The van der Waals surface area contributed by atoms with Gasteiger partial charge < -0.3 is 10.0 Å². The van der Waals surface area contributed by atoms with Gasteiger partial charge in [0.2, 0.25) is 5.91 Å². The third kappa shape index (κ3) is 2.23. The van der Waals surface area contributed by atoms with E-state index in [-0.39, 0.29) is 24.5 Å². The highest BCUT2D eigenvalue weighted by molar-refractivity contribution is 5.79. The van der Waals surface area contributed by atoms with Crippen LogP contribution in [0.2, 0.25) is 0 Å². The second-order valence-corrected chi connectivity index (χ2v) is 4.49. The van der Waals surface area contributed by atoms with Crippen LogP contribution in [0.25, 0.3) is 0 Å². The Bertz CT molecular complexity index is 262. The molecule has 1 amide bonds. The molecule has 2 rings (SSSR count). The Morgan fingerprint density at radius 1 is 1.40 bits per heavy atom. The average molecular weight is 209 g/mol. The quantitative estimate of drug-likeness (QED) is 0.697. The van der Waals surface area contributed by atoms with Crippen LogP contribution in [-0.2, 0) is 4.79 Å². The van der Waals surface area contributed by atoms with Gasteiger partial charge in [-0.1, -0.05) is 12.2 Å². The minimum absolute atomic E-state index is 0.0865. The number of carbonyl (C=O) groups is 1. The van der Waals surface area contributed by atoms with Gasteiger partial charge in [-0.2, -0.15) is 0 Å². The molecule has 0 aromatic carbocycles. The maximum absolute atomic E-state index is 12.2. The SMILES string of the molecule is O=C(C1CC=CCC1)N1CCC[C@H]1CO. The molecule has 1 saturated heterocycles. The zero-order valence-corrected chi connectivity index (χ0v) is 9.06. The van der Waals surface area contributed by atoms with Crippen LogP contribution in [0.15, 0.2) is 12.2 Å². The van der Waals surface area contributed by atoms with Gasteiger partial charge in [-0.3, -0.25) is 4.79 Å². The Morgan fingerprint density at radius 2 is 2.27 bits per heavy atom. The molecule has 1 unspecified atom stereocenters. The molecule has 1 N–H and O–H groups in total. The molecular formula is C12H19NO2. The standard InChI is InChI=1S/C12H19NO2/c14-9-11-7-4-8-13(11)12(15)10-5-2-1-3-6-10/h1-2,10-11,14H,3-9H2/t10?,11-/m0/s1. The molecule has 84 valence electrons. The van der Waals surface area contributed by atoms with E-state index in [1.165, 1.54) is 0 Å². The monoisotopic (exact) mass is 209 g/mol. The van der Waals surface area contributed by atoms with Gasteiger partial charge in [0.1, 0.15) is 0 Å².